The Kier molecular flexibility index (Phi) is 5.47. The van der Waals surface area contributed by atoms with Crippen molar-refractivity contribution in [1.82, 2.24) is 9.78 Å². The van der Waals surface area contributed by atoms with Gasteiger partial charge in [-0.1, -0.05) is 13.0 Å². The average molecular weight is 460 g/mol. The molecule has 5 rings (SSSR count). The van der Waals surface area contributed by atoms with E-state index in [1.807, 2.05) is 6.92 Å². The molecule has 1 aromatic heterocycles. The van der Waals surface area contributed by atoms with Crippen LogP contribution < -0.4 is 15.2 Å². The van der Waals surface area contributed by atoms with Crippen LogP contribution in [0.4, 0.5) is 10.5 Å². The number of hydrogen-bond donors (Lipinski definition) is 2. The Morgan fingerprint density at radius 3 is 3.06 bits per heavy atom. The van der Waals surface area contributed by atoms with Gasteiger partial charge in [0.15, 0.2) is 9.92 Å². The van der Waals surface area contributed by atoms with Crippen molar-refractivity contribution in [2.45, 2.75) is 69.4 Å². The van der Waals surface area contributed by atoms with Crippen LogP contribution in [-0.2, 0) is 40.5 Å². The molecule has 172 valence electrons. The Morgan fingerprint density at radius 2 is 2.25 bits per heavy atom. The highest BCUT2D eigenvalue weighted by molar-refractivity contribution is 7.91. The third-order valence-electron chi connectivity index (χ3n) is 6.61. The molecule has 10 heteroatoms. The smallest absolute Gasteiger partial charge is 0.354 e. The molecule has 0 fully saturated rings. The van der Waals surface area contributed by atoms with Gasteiger partial charge in [-0.2, -0.15) is 5.10 Å². The SMILES string of the molecule is CCOC1COc2c(S(N)(=O)=NC(=O)Nc3c4c(cc5c3CCC5C)CCC4)cnn2C1. The highest BCUT2D eigenvalue weighted by Gasteiger charge is 2.30. The van der Waals surface area contributed by atoms with Crippen molar-refractivity contribution in [2.75, 3.05) is 18.5 Å². The highest BCUT2D eigenvalue weighted by atomic mass is 32.2. The van der Waals surface area contributed by atoms with Gasteiger partial charge < -0.3 is 14.8 Å². The molecule has 2 aliphatic carbocycles. The summed E-state index contributed by atoms with van der Waals surface area (Å²) >= 11 is 0. The van der Waals surface area contributed by atoms with Crippen molar-refractivity contribution >= 4 is 21.6 Å². The van der Waals surface area contributed by atoms with E-state index < -0.39 is 15.9 Å². The lowest BCUT2D eigenvalue weighted by molar-refractivity contribution is -0.00758. The lowest BCUT2D eigenvalue weighted by atomic mass is 9.96. The number of urea groups is 1. The van der Waals surface area contributed by atoms with E-state index in [1.165, 1.54) is 28.5 Å². The van der Waals surface area contributed by atoms with E-state index in [4.69, 9.17) is 14.6 Å². The number of nitrogens with two attached hydrogens (primary N) is 1. The first-order chi connectivity index (χ1) is 15.4. The first-order valence-corrected chi connectivity index (χ1v) is 12.8. The van der Waals surface area contributed by atoms with Gasteiger partial charge in [-0.3, -0.25) is 0 Å². The molecule has 0 bridgehead atoms. The number of ether oxygens (including phenoxy) is 2. The Bertz CT molecular complexity index is 1200. The molecule has 3 unspecified atom stereocenters. The molecule has 3 aliphatic rings. The number of aromatic nitrogens is 2. The number of fused-ring (bicyclic) bond motifs is 3. The Balaban J connectivity index is 1.43. The predicted molar refractivity (Wildman–Crippen MR) is 120 cm³/mol. The highest BCUT2D eigenvalue weighted by Crippen LogP contribution is 2.43. The molecule has 9 nitrogen and oxygen atoms in total. The maximum atomic E-state index is 13.2. The van der Waals surface area contributed by atoms with Crippen molar-refractivity contribution in [3.63, 3.8) is 0 Å². The van der Waals surface area contributed by atoms with E-state index in [1.54, 1.807) is 4.68 Å². The minimum Gasteiger partial charge on any atom is -0.474 e. The van der Waals surface area contributed by atoms with Crippen LogP contribution in [0, 0.1) is 0 Å². The summed E-state index contributed by atoms with van der Waals surface area (Å²) in [6, 6.07) is 1.60. The number of hydrogen-bond acceptors (Lipinski definition) is 5. The zero-order valence-corrected chi connectivity index (χ0v) is 19.2. The number of carbonyl (C=O) groups is 1. The van der Waals surface area contributed by atoms with Gasteiger partial charge in [0.1, 0.15) is 17.6 Å². The number of aryl methyl sites for hydroxylation is 1. The maximum Gasteiger partial charge on any atom is 0.354 e. The molecule has 2 aromatic rings. The van der Waals surface area contributed by atoms with E-state index in [9.17, 15) is 9.00 Å². The number of nitrogens with one attached hydrogen (secondary N) is 1. The van der Waals surface area contributed by atoms with Crippen molar-refractivity contribution in [1.29, 1.82) is 0 Å². The molecule has 0 radical (unpaired) electrons. The molecule has 0 saturated carbocycles. The minimum atomic E-state index is -3.53. The largest absolute Gasteiger partial charge is 0.474 e. The van der Waals surface area contributed by atoms with Crippen LogP contribution >= 0.6 is 0 Å². The molecule has 32 heavy (non-hydrogen) atoms. The monoisotopic (exact) mass is 459 g/mol. The van der Waals surface area contributed by atoms with Crippen LogP contribution in [0.5, 0.6) is 5.88 Å². The summed E-state index contributed by atoms with van der Waals surface area (Å²) in [5.74, 6) is 0.749. The van der Waals surface area contributed by atoms with E-state index in [-0.39, 0.29) is 16.9 Å². The second-order valence-electron chi connectivity index (χ2n) is 8.72. The van der Waals surface area contributed by atoms with Gasteiger partial charge in [0.05, 0.1) is 12.7 Å². The van der Waals surface area contributed by atoms with Crippen LogP contribution in [0.25, 0.3) is 0 Å². The lowest BCUT2D eigenvalue weighted by Crippen LogP contribution is -2.33. The van der Waals surface area contributed by atoms with Crippen LogP contribution in [-0.4, -0.2) is 39.3 Å². The number of rotatable bonds is 4. The molecule has 1 aliphatic heterocycles. The number of nitrogens with zero attached hydrogens (tertiary/aromatic N) is 3. The second-order valence-corrected chi connectivity index (χ2v) is 10.5. The van der Waals surface area contributed by atoms with Gasteiger partial charge in [-0.05, 0) is 67.2 Å². The second kappa shape index (κ2) is 8.17. The Hall–Kier alpha value is -2.43. The van der Waals surface area contributed by atoms with Crippen molar-refractivity contribution in [3.05, 3.63) is 34.5 Å². The molecular weight excluding hydrogens is 430 g/mol. The fourth-order valence-electron chi connectivity index (χ4n) is 5.08. The van der Waals surface area contributed by atoms with E-state index in [0.29, 0.717) is 25.7 Å². The van der Waals surface area contributed by atoms with Crippen molar-refractivity contribution in [2.24, 2.45) is 9.50 Å². The fraction of sp³-hybridized carbons (Fsp3) is 0.545. The Morgan fingerprint density at radius 1 is 1.41 bits per heavy atom. The molecule has 2 heterocycles. The zero-order valence-electron chi connectivity index (χ0n) is 18.4. The molecule has 1 aromatic carbocycles. The van der Waals surface area contributed by atoms with Gasteiger partial charge in [-0.25, -0.2) is 18.8 Å². The van der Waals surface area contributed by atoms with Crippen molar-refractivity contribution < 1.29 is 18.5 Å². The van der Waals surface area contributed by atoms with Crippen molar-refractivity contribution in [3.8, 4) is 5.88 Å². The number of anilines is 1. The molecular formula is C22H29N5O4S. The van der Waals surface area contributed by atoms with Crippen LogP contribution in [0.2, 0.25) is 0 Å². The summed E-state index contributed by atoms with van der Waals surface area (Å²) in [4.78, 5) is 13.0. The van der Waals surface area contributed by atoms with E-state index in [0.717, 1.165) is 37.8 Å². The summed E-state index contributed by atoms with van der Waals surface area (Å²) in [6.07, 6.45) is 6.23. The molecule has 2 amide bonds. The lowest BCUT2D eigenvalue weighted by Gasteiger charge is -2.24. The average Bonchev–Trinajstić information content (AvgIpc) is 3.46. The van der Waals surface area contributed by atoms with Crippen LogP contribution in [0.3, 0.4) is 0 Å². The molecule has 3 N–H and O–H groups in total. The summed E-state index contributed by atoms with van der Waals surface area (Å²) < 4.78 is 29.9. The predicted octanol–water partition coefficient (Wildman–Crippen LogP) is 3.15. The molecule has 0 saturated heterocycles. The summed E-state index contributed by atoms with van der Waals surface area (Å²) in [6.45, 7) is 5.45. The topological polar surface area (TPSA) is 121 Å². The summed E-state index contributed by atoms with van der Waals surface area (Å²) in [5.41, 5.74) is 5.80. The van der Waals surface area contributed by atoms with Gasteiger partial charge in [0.25, 0.3) is 0 Å². The third kappa shape index (κ3) is 3.70. The summed E-state index contributed by atoms with van der Waals surface area (Å²) in [7, 11) is -3.53. The first kappa shape index (κ1) is 21.4. The number of carbonyl (C=O) groups excluding carboxylic acids is 1. The quantitative estimate of drug-likeness (QED) is 0.728. The zero-order chi connectivity index (χ0) is 22.5. The number of benzene rings is 1. The van der Waals surface area contributed by atoms with Gasteiger partial charge in [0.2, 0.25) is 5.88 Å². The van der Waals surface area contributed by atoms with Gasteiger partial charge in [-0.15, -0.1) is 4.36 Å². The number of amides is 2. The van der Waals surface area contributed by atoms with Gasteiger partial charge in [0, 0.05) is 12.3 Å². The standard InChI is InChI=1S/C22H29N5O4S/c1-3-30-15-11-27-21(31-12-15)19(10-24-27)32(23,29)26-22(28)25-20-16-6-4-5-14(16)9-18-13(2)7-8-17(18)20/h9-10,13,15H,3-8,11-12H2,1-2H3,(H3,23,25,26,28,29). The molecule has 0 spiro atoms. The third-order valence-corrected chi connectivity index (χ3v) is 7.96. The summed E-state index contributed by atoms with van der Waals surface area (Å²) in [5, 5.41) is 13.2. The van der Waals surface area contributed by atoms with Crippen LogP contribution in [0.1, 0.15) is 54.9 Å². The van der Waals surface area contributed by atoms with E-state index in [2.05, 4.69) is 27.8 Å². The van der Waals surface area contributed by atoms with Gasteiger partial charge >= 0.3 is 6.03 Å². The first-order valence-electron chi connectivity index (χ1n) is 11.2. The minimum absolute atomic E-state index is 0.125. The normalized spacial score (nSPS) is 23.0. The van der Waals surface area contributed by atoms with Crippen LogP contribution in [0.15, 0.2) is 21.5 Å². The fourth-order valence-corrected chi connectivity index (χ4v) is 6.08. The van der Waals surface area contributed by atoms with E-state index >= 15 is 0 Å². The molecule has 3 atom stereocenters. The Labute approximate surface area is 188 Å². The maximum absolute atomic E-state index is 13.2.